The number of rotatable bonds is 6. The van der Waals surface area contributed by atoms with E-state index in [1.807, 2.05) is 24.3 Å². The van der Waals surface area contributed by atoms with E-state index in [1.54, 1.807) is 0 Å². The first-order valence-corrected chi connectivity index (χ1v) is 12.6. The van der Waals surface area contributed by atoms with Crippen molar-refractivity contribution in [2.45, 2.75) is 44.7 Å². The second-order valence-electron chi connectivity index (χ2n) is 10.1. The van der Waals surface area contributed by atoms with E-state index in [9.17, 15) is 9.90 Å². The maximum atomic E-state index is 11.2. The summed E-state index contributed by atoms with van der Waals surface area (Å²) in [7, 11) is 2.13. The van der Waals surface area contributed by atoms with Crippen LogP contribution in [0.4, 0.5) is 0 Å². The summed E-state index contributed by atoms with van der Waals surface area (Å²) < 4.78 is 5.65. The summed E-state index contributed by atoms with van der Waals surface area (Å²) in [5.41, 5.74) is 8.05. The number of aryl methyl sites for hydroxylation is 2. The highest BCUT2D eigenvalue weighted by Gasteiger charge is 2.40. The Balaban J connectivity index is 1.20. The molecule has 2 aliphatic carbocycles. The normalized spacial score (nSPS) is 20.8. The first-order valence-electron chi connectivity index (χ1n) is 12.6. The van der Waals surface area contributed by atoms with Gasteiger partial charge in [-0.25, -0.2) is 0 Å². The molecule has 1 N–H and O–H groups in total. The lowest BCUT2D eigenvalue weighted by atomic mass is 9.79. The molecular formula is C30H29N3O3. The number of carboxylic acids is 1. The standard InChI is InChI=1S/C30H29N3O3/c1-18-14-22(9-11-25(18)19-6-4-3-5-7-19)29-31-28(32-36-29)21-8-12-26-20(15-21)10-13-27(26)33(2)24-16-23(17-24)30(34)35/h3-9,11-12,14-15,23-24,27H,10,13,16-17H2,1-2H3,(H,34,35). The lowest BCUT2D eigenvalue weighted by Crippen LogP contribution is -2.46. The summed E-state index contributed by atoms with van der Waals surface area (Å²) >= 11 is 0. The van der Waals surface area contributed by atoms with Gasteiger partial charge in [-0.15, -0.1) is 0 Å². The van der Waals surface area contributed by atoms with Crippen LogP contribution in [0.2, 0.25) is 0 Å². The number of benzene rings is 3. The van der Waals surface area contributed by atoms with Gasteiger partial charge < -0.3 is 9.63 Å². The third-order valence-corrected chi connectivity index (χ3v) is 7.96. The number of nitrogens with zero attached hydrogens (tertiary/aromatic N) is 3. The molecular weight excluding hydrogens is 450 g/mol. The van der Waals surface area contributed by atoms with Gasteiger partial charge in [0.25, 0.3) is 5.89 Å². The minimum absolute atomic E-state index is 0.188. The summed E-state index contributed by atoms with van der Waals surface area (Å²) in [6, 6.07) is 23.7. The van der Waals surface area contributed by atoms with E-state index >= 15 is 0 Å². The van der Waals surface area contributed by atoms with Crippen molar-refractivity contribution in [3.8, 4) is 34.0 Å². The number of carboxylic acid groups (broad SMARTS) is 1. The van der Waals surface area contributed by atoms with Crippen molar-refractivity contribution in [1.82, 2.24) is 15.0 Å². The third kappa shape index (κ3) is 4.01. The van der Waals surface area contributed by atoms with E-state index in [1.165, 1.54) is 22.3 Å². The van der Waals surface area contributed by atoms with Gasteiger partial charge in [0.15, 0.2) is 0 Å². The zero-order chi connectivity index (χ0) is 24.8. The predicted molar refractivity (Wildman–Crippen MR) is 138 cm³/mol. The Morgan fingerprint density at radius 3 is 2.53 bits per heavy atom. The van der Waals surface area contributed by atoms with Crippen molar-refractivity contribution in [2.75, 3.05) is 7.05 Å². The zero-order valence-electron chi connectivity index (χ0n) is 20.5. The third-order valence-electron chi connectivity index (χ3n) is 7.96. The van der Waals surface area contributed by atoms with Gasteiger partial charge in [-0.2, -0.15) is 4.98 Å². The van der Waals surface area contributed by atoms with E-state index in [-0.39, 0.29) is 5.92 Å². The summed E-state index contributed by atoms with van der Waals surface area (Å²) in [6.45, 7) is 2.10. The molecule has 6 nitrogen and oxygen atoms in total. The van der Waals surface area contributed by atoms with Crippen LogP contribution in [0, 0.1) is 12.8 Å². The van der Waals surface area contributed by atoms with Gasteiger partial charge in [0, 0.05) is 23.2 Å². The van der Waals surface area contributed by atoms with E-state index in [0.29, 0.717) is 23.8 Å². The Hall–Kier alpha value is -3.77. The Labute approximate surface area is 210 Å². The minimum Gasteiger partial charge on any atom is -0.481 e. The van der Waals surface area contributed by atoms with Crippen LogP contribution in [-0.4, -0.2) is 39.2 Å². The molecule has 1 fully saturated rings. The highest BCUT2D eigenvalue weighted by molar-refractivity contribution is 5.72. The molecule has 6 rings (SSSR count). The number of hydrogen-bond acceptors (Lipinski definition) is 5. The lowest BCUT2D eigenvalue weighted by molar-refractivity contribution is -0.147. The highest BCUT2D eigenvalue weighted by Crippen LogP contribution is 2.42. The molecule has 182 valence electrons. The molecule has 1 unspecified atom stereocenters. The zero-order valence-corrected chi connectivity index (χ0v) is 20.5. The Morgan fingerprint density at radius 2 is 1.78 bits per heavy atom. The molecule has 2 aliphatic rings. The molecule has 0 amide bonds. The van der Waals surface area contributed by atoms with Gasteiger partial charge in [0.2, 0.25) is 5.82 Å². The first kappa shape index (κ1) is 22.7. The fourth-order valence-electron chi connectivity index (χ4n) is 5.73. The molecule has 0 saturated heterocycles. The molecule has 3 aromatic carbocycles. The maximum Gasteiger partial charge on any atom is 0.306 e. The Kier molecular flexibility index (Phi) is 5.69. The number of carbonyl (C=O) groups is 1. The molecule has 1 heterocycles. The van der Waals surface area contributed by atoms with E-state index < -0.39 is 5.97 Å². The topological polar surface area (TPSA) is 79.5 Å². The number of aliphatic carboxylic acids is 1. The molecule has 0 radical (unpaired) electrons. The van der Waals surface area contributed by atoms with Gasteiger partial charge >= 0.3 is 5.97 Å². The van der Waals surface area contributed by atoms with Gasteiger partial charge in [0.05, 0.1) is 5.92 Å². The molecule has 1 atom stereocenters. The van der Waals surface area contributed by atoms with Crippen LogP contribution in [0.3, 0.4) is 0 Å². The molecule has 4 aromatic rings. The fourth-order valence-corrected chi connectivity index (χ4v) is 5.73. The second kappa shape index (κ2) is 9.03. The van der Waals surface area contributed by atoms with Crippen LogP contribution in [0.1, 0.15) is 42.0 Å². The largest absolute Gasteiger partial charge is 0.481 e. The quantitative estimate of drug-likeness (QED) is 0.357. The van der Waals surface area contributed by atoms with Crippen molar-refractivity contribution >= 4 is 5.97 Å². The Bertz CT molecular complexity index is 1420. The lowest BCUT2D eigenvalue weighted by Gasteiger charge is -2.42. The monoisotopic (exact) mass is 479 g/mol. The first-order chi connectivity index (χ1) is 17.5. The van der Waals surface area contributed by atoms with Crippen molar-refractivity contribution in [2.24, 2.45) is 5.92 Å². The highest BCUT2D eigenvalue weighted by atomic mass is 16.5. The van der Waals surface area contributed by atoms with Crippen LogP contribution < -0.4 is 0 Å². The smallest absolute Gasteiger partial charge is 0.306 e. The maximum absolute atomic E-state index is 11.2. The summed E-state index contributed by atoms with van der Waals surface area (Å²) in [6.07, 6.45) is 3.53. The average molecular weight is 480 g/mol. The van der Waals surface area contributed by atoms with E-state index in [0.717, 1.165) is 42.4 Å². The number of aromatic nitrogens is 2. The fraction of sp³-hybridized carbons (Fsp3) is 0.300. The van der Waals surface area contributed by atoms with Crippen LogP contribution in [-0.2, 0) is 11.2 Å². The van der Waals surface area contributed by atoms with Gasteiger partial charge in [0.1, 0.15) is 0 Å². The van der Waals surface area contributed by atoms with Gasteiger partial charge in [-0.05, 0) is 85.7 Å². The molecule has 0 aliphatic heterocycles. The van der Waals surface area contributed by atoms with Crippen LogP contribution in [0.15, 0.2) is 71.3 Å². The Morgan fingerprint density at radius 1 is 1.00 bits per heavy atom. The van der Waals surface area contributed by atoms with E-state index in [4.69, 9.17) is 9.51 Å². The summed E-state index contributed by atoms with van der Waals surface area (Å²) in [5, 5.41) is 13.5. The van der Waals surface area contributed by atoms with Gasteiger partial charge in [-0.3, -0.25) is 9.69 Å². The molecule has 6 heteroatoms. The van der Waals surface area contributed by atoms with Crippen LogP contribution >= 0.6 is 0 Å². The van der Waals surface area contributed by atoms with Crippen molar-refractivity contribution in [1.29, 1.82) is 0 Å². The second-order valence-corrected chi connectivity index (χ2v) is 10.1. The summed E-state index contributed by atoms with van der Waals surface area (Å²) in [4.78, 5) is 18.3. The van der Waals surface area contributed by atoms with E-state index in [2.05, 4.69) is 66.5 Å². The van der Waals surface area contributed by atoms with Crippen LogP contribution in [0.25, 0.3) is 34.0 Å². The number of fused-ring (bicyclic) bond motifs is 1. The minimum atomic E-state index is -0.669. The average Bonchev–Trinajstić information content (AvgIpc) is 3.50. The predicted octanol–water partition coefficient (Wildman–Crippen LogP) is 6.16. The van der Waals surface area contributed by atoms with Crippen molar-refractivity contribution in [3.05, 3.63) is 83.4 Å². The van der Waals surface area contributed by atoms with Crippen LogP contribution in [0.5, 0.6) is 0 Å². The molecule has 0 bridgehead atoms. The molecule has 36 heavy (non-hydrogen) atoms. The number of hydrogen-bond donors (Lipinski definition) is 1. The SMILES string of the molecule is Cc1cc(-c2nc(-c3ccc4c(c3)CCC4N(C)C3CC(C(=O)O)C3)no2)ccc1-c1ccccc1. The van der Waals surface area contributed by atoms with Gasteiger partial charge in [-0.1, -0.05) is 53.7 Å². The van der Waals surface area contributed by atoms with Crippen molar-refractivity contribution in [3.63, 3.8) is 0 Å². The molecule has 1 aromatic heterocycles. The summed E-state index contributed by atoms with van der Waals surface area (Å²) in [5.74, 6) is 0.255. The van der Waals surface area contributed by atoms with Crippen molar-refractivity contribution < 1.29 is 14.4 Å². The molecule has 1 saturated carbocycles. The molecule has 0 spiro atoms.